The van der Waals surface area contributed by atoms with Gasteiger partial charge in [0.15, 0.2) is 0 Å². The predicted octanol–water partition coefficient (Wildman–Crippen LogP) is 1.63. The summed E-state index contributed by atoms with van der Waals surface area (Å²) in [7, 11) is 1.81. The highest BCUT2D eigenvalue weighted by Gasteiger charge is 2.27. The van der Waals surface area contributed by atoms with Crippen LogP contribution in [0.4, 0.5) is 4.39 Å². The summed E-state index contributed by atoms with van der Waals surface area (Å²) in [6.07, 6.45) is 2.07. The highest BCUT2D eigenvalue weighted by molar-refractivity contribution is 5.93. The second-order valence-corrected chi connectivity index (χ2v) is 7.86. The Bertz CT molecular complexity index is 1240. The number of rotatable bonds is 3. The van der Waals surface area contributed by atoms with Crippen LogP contribution in [-0.2, 0) is 20.0 Å². The summed E-state index contributed by atoms with van der Waals surface area (Å²) in [5.74, 6) is 4.82. The van der Waals surface area contributed by atoms with Crippen LogP contribution in [0.25, 0.3) is 11.4 Å². The Balaban J connectivity index is 1.89. The van der Waals surface area contributed by atoms with Gasteiger partial charge in [0.25, 0.3) is 5.91 Å². The number of ether oxygens (including phenoxy) is 1. The number of aromatic nitrogens is 4. The molecule has 8 nitrogen and oxygen atoms in total. The fraction of sp³-hybridized carbons (Fsp3) is 0.318. The van der Waals surface area contributed by atoms with Gasteiger partial charge < -0.3 is 20.1 Å². The highest BCUT2D eigenvalue weighted by Crippen LogP contribution is 2.36. The SMILES string of the molecule is Cn1nccc1Cc1c(C(N)=O)nc2n1CCOc1cc(F)c(C#CC(C)(C)O)cc1-2. The van der Waals surface area contributed by atoms with Crippen LogP contribution in [0.2, 0.25) is 0 Å². The maximum atomic E-state index is 14.6. The number of aryl methyl sites for hydroxylation is 1. The van der Waals surface area contributed by atoms with Gasteiger partial charge in [-0.05, 0) is 26.0 Å². The van der Waals surface area contributed by atoms with E-state index in [-0.39, 0.29) is 17.9 Å². The summed E-state index contributed by atoms with van der Waals surface area (Å²) < 4.78 is 23.9. The minimum Gasteiger partial charge on any atom is -0.491 e. The van der Waals surface area contributed by atoms with Crippen molar-refractivity contribution in [3.63, 3.8) is 0 Å². The second kappa shape index (κ2) is 7.56. The molecule has 160 valence electrons. The van der Waals surface area contributed by atoms with Gasteiger partial charge in [-0.3, -0.25) is 9.48 Å². The summed E-state index contributed by atoms with van der Waals surface area (Å²) in [6.45, 7) is 3.70. The van der Waals surface area contributed by atoms with E-state index in [1.165, 1.54) is 26.0 Å². The number of amides is 1. The van der Waals surface area contributed by atoms with E-state index in [9.17, 15) is 14.3 Å². The van der Waals surface area contributed by atoms with Crippen LogP contribution in [0.5, 0.6) is 5.75 Å². The van der Waals surface area contributed by atoms with Crippen molar-refractivity contribution in [2.75, 3.05) is 6.61 Å². The Kier molecular flexibility index (Phi) is 5.03. The highest BCUT2D eigenvalue weighted by atomic mass is 19.1. The largest absolute Gasteiger partial charge is 0.491 e. The first-order valence-corrected chi connectivity index (χ1v) is 9.72. The van der Waals surface area contributed by atoms with Gasteiger partial charge in [-0.25, -0.2) is 9.37 Å². The van der Waals surface area contributed by atoms with Crippen molar-refractivity contribution >= 4 is 5.91 Å². The first-order valence-electron chi connectivity index (χ1n) is 9.72. The molecular weight excluding hydrogens is 401 g/mol. The predicted molar refractivity (Wildman–Crippen MR) is 111 cm³/mol. The third-order valence-corrected chi connectivity index (χ3v) is 4.96. The number of primary amides is 1. The third-order valence-electron chi connectivity index (χ3n) is 4.96. The zero-order valence-corrected chi connectivity index (χ0v) is 17.4. The van der Waals surface area contributed by atoms with Crippen molar-refractivity contribution in [2.45, 2.75) is 32.4 Å². The topological polar surface area (TPSA) is 108 Å². The van der Waals surface area contributed by atoms with E-state index in [4.69, 9.17) is 10.5 Å². The van der Waals surface area contributed by atoms with Gasteiger partial charge in [-0.2, -0.15) is 5.10 Å². The van der Waals surface area contributed by atoms with Crippen molar-refractivity contribution in [2.24, 2.45) is 12.8 Å². The fourth-order valence-electron chi connectivity index (χ4n) is 3.47. The lowest BCUT2D eigenvalue weighted by Gasteiger charge is -2.10. The summed E-state index contributed by atoms with van der Waals surface area (Å²) in [5.41, 5.74) is 6.61. The summed E-state index contributed by atoms with van der Waals surface area (Å²) in [5, 5.41) is 14.0. The molecule has 0 fully saturated rings. The van der Waals surface area contributed by atoms with Crippen LogP contribution in [0, 0.1) is 17.7 Å². The number of benzene rings is 1. The number of hydrogen-bond donors (Lipinski definition) is 2. The molecule has 0 spiro atoms. The average Bonchev–Trinajstić information content (AvgIpc) is 3.19. The van der Waals surface area contributed by atoms with Crippen molar-refractivity contribution < 1.29 is 19.0 Å². The smallest absolute Gasteiger partial charge is 0.269 e. The first-order chi connectivity index (χ1) is 14.6. The Hall–Kier alpha value is -3.64. The van der Waals surface area contributed by atoms with Gasteiger partial charge >= 0.3 is 0 Å². The molecule has 0 bridgehead atoms. The fourth-order valence-corrected chi connectivity index (χ4v) is 3.47. The Morgan fingerprint density at radius 3 is 2.84 bits per heavy atom. The molecule has 1 aromatic carbocycles. The van der Waals surface area contributed by atoms with Crippen molar-refractivity contribution in [3.05, 3.63) is 52.9 Å². The molecule has 1 amide bonds. The van der Waals surface area contributed by atoms with Crippen LogP contribution in [-0.4, -0.2) is 42.6 Å². The van der Waals surface area contributed by atoms with Gasteiger partial charge in [0, 0.05) is 31.4 Å². The molecule has 0 radical (unpaired) electrons. The number of imidazole rings is 1. The van der Waals surface area contributed by atoms with E-state index in [1.54, 1.807) is 10.9 Å². The lowest BCUT2D eigenvalue weighted by molar-refractivity contribution is 0.0994. The molecule has 4 rings (SSSR count). The lowest BCUT2D eigenvalue weighted by atomic mass is 10.1. The maximum Gasteiger partial charge on any atom is 0.269 e. The van der Waals surface area contributed by atoms with Gasteiger partial charge in [0.05, 0.1) is 23.4 Å². The molecule has 2 aromatic heterocycles. The summed E-state index contributed by atoms with van der Waals surface area (Å²) in [6, 6.07) is 4.62. The molecule has 0 saturated carbocycles. The molecule has 9 heteroatoms. The molecule has 31 heavy (non-hydrogen) atoms. The number of aliphatic hydroxyl groups is 1. The van der Waals surface area contributed by atoms with Gasteiger partial charge in [0.2, 0.25) is 0 Å². The maximum absolute atomic E-state index is 14.6. The van der Waals surface area contributed by atoms with Gasteiger partial charge in [-0.1, -0.05) is 11.8 Å². The molecule has 1 aliphatic heterocycles. The number of halogens is 1. The van der Waals surface area contributed by atoms with E-state index in [0.717, 1.165) is 5.69 Å². The standard InChI is InChI=1S/C22H22FN5O3/c1-22(2,30)6-4-13-10-15-18(12-16(13)23)31-9-8-28-17(11-14-5-7-25-27(14)3)19(20(24)29)26-21(15)28/h5,7,10,12,30H,8-9,11H2,1-3H3,(H2,24,29). The van der Waals surface area contributed by atoms with Crippen LogP contribution < -0.4 is 10.5 Å². The molecule has 1 aliphatic rings. The Morgan fingerprint density at radius 2 is 2.19 bits per heavy atom. The van der Waals surface area contributed by atoms with Gasteiger partial charge in [0.1, 0.15) is 35.3 Å². The Labute approximate surface area is 178 Å². The molecule has 0 unspecified atom stereocenters. The Morgan fingerprint density at radius 1 is 1.42 bits per heavy atom. The zero-order chi connectivity index (χ0) is 22.3. The van der Waals surface area contributed by atoms with Crippen molar-refractivity contribution in [1.82, 2.24) is 19.3 Å². The monoisotopic (exact) mass is 423 g/mol. The van der Waals surface area contributed by atoms with E-state index in [1.807, 2.05) is 17.7 Å². The second-order valence-electron chi connectivity index (χ2n) is 7.86. The van der Waals surface area contributed by atoms with Crippen LogP contribution in [0.3, 0.4) is 0 Å². The van der Waals surface area contributed by atoms with Crippen LogP contribution in [0.1, 0.15) is 41.3 Å². The van der Waals surface area contributed by atoms with Crippen molar-refractivity contribution in [3.8, 4) is 29.0 Å². The minimum absolute atomic E-state index is 0.0923. The molecule has 0 aliphatic carbocycles. The van der Waals surface area contributed by atoms with E-state index < -0.39 is 17.3 Å². The average molecular weight is 423 g/mol. The molecular formula is C22H22FN5O3. The summed E-state index contributed by atoms with van der Waals surface area (Å²) >= 11 is 0. The van der Waals surface area contributed by atoms with Crippen LogP contribution in [0.15, 0.2) is 24.4 Å². The number of hydrogen-bond acceptors (Lipinski definition) is 5. The number of nitrogens with zero attached hydrogens (tertiary/aromatic N) is 4. The first kappa shape index (κ1) is 20.6. The molecule has 0 atom stereocenters. The number of carbonyl (C=O) groups is 1. The van der Waals surface area contributed by atoms with Gasteiger partial charge in [-0.15, -0.1) is 0 Å². The number of nitrogens with two attached hydrogens (primary N) is 1. The molecule has 0 saturated heterocycles. The van der Waals surface area contributed by atoms with E-state index in [2.05, 4.69) is 21.9 Å². The molecule has 3 N–H and O–H groups in total. The molecule has 3 aromatic rings. The molecule has 3 heterocycles. The zero-order valence-electron chi connectivity index (χ0n) is 17.4. The van der Waals surface area contributed by atoms with E-state index in [0.29, 0.717) is 35.8 Å². The summed E-state index contributed by atoms with van der Waals surface area (Å²) in [4.78, 5) is 16.7. The van der Waals surface area contributed by atoms with Crippen molar-refractivity contribution in [1.29, 1.82) is 0 Å². The van der Waals surface area contributed by atoms with E-state index >= 15 is 0 Å². The normalized spacial score (nSPS) is 12.8. The lowest BCUT2D eigenvalue weighted by Crippen LogP contribution is -2.17. The quantitative estimate of drug-likeness (QED) is 0.623. The number of fused-ring (bicyclic) bond motifs is 3. The van der Waals surface area contributed by atoms with Crippen LogP contribution >= 0.6 is 0 Å². The number of carbonyl (C=O) groups excluding carboxylic acids is 1. The minimum atomic E-state index is -1.27. The third kappa shape index (κ3) is 4.02.